The van der Waals surface area contributed by atoms with E-state index in [0.717, 1.165) is 5.82 Å². The molecule has 3 nitrogen and oxygen atoms in total. The molecule has 17 heavy (non-hydrogen) atoms. The molecule has 0 fully saturated rings. The second kappa shape index (κ2) is 5.89. The average molecular weight is 247 g/mol. The van der Waals surface area contributed by atoms with Gasteiger partial charge in [-0.25, -0.2) is 9.97 Å². The van der Waals surface area contributed by atoms with Crippen molar-refractivity contribution < 1.29 is 0 Å². The summed E-state index contributed by atoms with van der Waals surface area (Å²) in [5.74, 6) is 1.40. The third kappa shape index (κ3) is 3.35. The molecule has 2 rings (SSSR count). The Morgan fingerprint density at radius 2 is 2.00 bits per heavy atom. The molecular formula is C13H17N3S. The zero-order valence-corrected chi connectivity index (χ0v) is 10.9. The standard InChI is InChI=1S/C13H17N3S/c1-10(2)13(11-5-3-8-17-11)16-9-12-14-6-4-7-15-12/h3-8,10,13,16H,9H2,1-2H3. The van der Waals surface area contributed by atoms with Gasteiger partial charge in [0.15, 0.2) is 0 Å². The molecular weight excluding hydrogens is 230 g/mol. The molecule has 2 aromatic rings. The summed E-state index contributed by atoms with van der Waals surface area (Å²) in [7, 11) is 0. The highest BCUT2D eigenvalue weighted by Gasteiger charge is 2.16. The first-order valence-corrected chi connectivity index (χ1v) is 6.68. The van der Waals surface area contributed by atoms with Crippen LogP contribution in [0.4, 0.5) is 0 Å². The van der Waals surface area contributed by atoms with E-state index in [1.165, 1.54) is 4.88 Å². The van der Waals surface area contributed by atoms with Crippen molar-refractivity contribution in [3.63, 3.8) is 0 Å². The number of aromatic nitrogens is 2. The number of hydrogen-bond donors (Lipinski definition) is 1. The van der Waals surface area contributed by atoms with E-state index in [1.54, 1.807) is 23.7 Å². The molecule has 2 heterocycles. The number of hydrogen-bond acceptors (Lipinski definition) is 4. The van der Waals surface area contributed by atoms with Crippen LogP contribution < -0.4 is 5.32 Å². The minimum Gasteiger partial charge on any atom is -0.302 e. The Morgan fingerprint density at radius 1 is 1.24 bits per heavy atom. The average Bonchev–Trinajstić information content (AvgIpc) is 2.84. The van der Waals surface area contributed by atoms with Crippen LogP contribution in [0.3, 0.4) is 0 Å². The van der Waals surface area contributed by atoms with Gasteiger partial charge < -0.3 is 5.32 Å². The molecule has 90 valence electrons. The summed E-state index contributed by atoms with van der Waals surface area (Å²) in [5.41, 5.74) is 0. The molecule has 0 radical (unpaired) electrons. The lowest BCUT2D eigenvalue weighted by Crippen LogP contribution is -2.25. The van der Waals surface area contributed by atoms with Gasteiger partial charge in [0.05, 0.1) is 6.54 Å². The molecule has 0 saturated heterocycles. The van der Waals surface area contributed by atoms with Gasteiger partial charge in [0.1, 0.15) is 5.82 Å². The molecule has 0 spiro atoms. The van der Waals surface area contributed by atoms with Crippen molar-refractivity contribution in [2.75, 3.05) is 0 Å². The predicted molar refractivity (Wildman–Crippen MR) is 70.8 cm³/mol. The molecule has 1 unspecified atom stereocenters. The maximum Gasteiger partial charge on any atom is 0.141 e. The molecule has 0 aliphatic heterocycles. The summed E-state index contributed by atoms with van der Waals surface area (Å²) in [5, 5.41) is 5.64. The van der Waals surface area contributed by atoms with Gasteiger partial charge in [-0.15, -0.1) is 11.3 Å². The highest BCUT2D eigenvalue weighted by molar-refractivity contribution is 7.10. The van der Waals surface area contributed by atoms with E-state index in [-0.39, 0.29) is 0 Å². The van der Waals surface area contributed by atoms with Crippen molar-refractivity contribution in [2.24, 2.45) is 5.92 Å². The molecule has 0 aromatic carbocycles. The first kappa shape index (κ1) is 12.2. The van der Waals surface area contributed by atoms with E-state index in [2.05, 4.69) is 46.6 Å². The zero-order chi connectivity index (χ0) is 12.1. The van der Waals surface area contributed by atoms with Crippen molar-refractivity contribution in [1.29, 1.82) is 0 Å². The molecule has 0 amide bonds. The van der Waals surface area contributed by atoms with Crippen molar-refractivity contribution in [1.82, 2.24) is 15.3 Å². The Hall–Kier alpha value is -1.26. The Labute approximate surface area is 106 Å². The van der Waals surface area contributed by atoms with E-state index in [1.807, 2.05) is 6.07 Å². The van der Waals surface area contributed by atoms with Gasteiger partial charge in [0.25, 0.3) is 0 Å². The molecule has 0 bridgehead atoms. The van der Waals surface area contributed by atoms with E-state index < -0.39 is 0 Å². The second-order valence-corrected chi connectivity index (χ2v) is 5.26. The summed E-state index contributed by atoms with van der Waals surface area (Å²) in [4.78, 5) is 9.81. The third-order valence-corrected chi connectivity index (χ3v) is 3.57. The molecule has 4 heteroatoms. The maximum absolute atomic E-state index is 4.22. The van der Waals surface area contributed by atoms with Crippen LogP contribution in [0.1, 0.15) is 30.6 Å². The van der Waals surface area contributed by atoms with Crippen molar-refractivity contribution in [3.05, 3.63) is 46.7 Å². The highest BCUT2D eigenvalue weighted by Crippen LogP contribution is 2.25. The number of nitrogens with zero attached hydrogens (tertiary/aromatic N) is 2. The predicted octanol–water partition coefficient (Wildman–Crippen LogP) is 3.03. The number of rotatable bonds is 5. The molecule has 2 aromatic heterocycles. The molecule has 0 aliphatic rings. The Balaban J connectivity index is 2.00. The normalized spacial score (nSPS) is 12.9. The lowest BCUT2D eigenvalue weighted by Gasteiger charge is -2.20. The van der Waals surface area contributed by atoms with Crippen LogP contribution in [-0.2, 0) is 6.54 Å². The smallest absolute Gasteiger partial charge is 0.141 e. The first-order chi connectivity index (χ1) is 8.27. The summed E-state index contributed by atoms with van der Waals surface area (Å²) >= 11 is 1.79. The summed E-state index contributed by atoms with van der Waals surface area (Å²) in [6, 6.07) is 6.48. The van der Waals surface area contributed by atoms with Crippen LogP contribution in [-0.4, -0.2) is 9.97 Å². The fraction of sp³-hybridized carbons (Fsp3) is 0.385. The largest absolute Gasteiger partial charge is 0.302 e. The van der Waals surface area contributed by atoms with Crippen molar-refractivity contribution >= 4 is 11.3 Å². The third-order valence-electron chi connectivity index (χ3n) is 2.62. The topological polar surface area (TPSA) is 37.8 Å². The number of nitrogens with one attached hydrogen (secondary N) is 1. The van der Waals surface area contributed by atoms with E-state index in [9.17, 15) is 0 Å². The molecule has 0 saturated carbocycles. The lowest BCUT2D eigenvalue weighted by molar-refractivity contribution is 0.411. The SMILES string of the molecule is CC(C)C(NCc1ncccn1)c1cccs1. The van der Waals surface area contributed by atoms with E-state index >= 15 is 0 Å². The van der Waals surface area contributed by atoms with Crippen molar-refractivity contribution in [3.8, 4) is 0 Å². The Kier molecular flexibility index (Phi) is 4.23. The summed E-state index contributed by atoms with van der Waals surface area (Å²) in [6.07, 6.45) is 3.55. The van der Waals surface area contributed by atoms with Crippen LogP contribution in [0.15, 0.2) is 36.0 Å². The lowest BCUT2D eigenvalue weighted by atomic mass is 10.0. The zero-order valence-electron chi connectivity index (χ0n) is 10.1. The van der Waals surface area contributed by atoms with Gasteiger partial charge in [-0.05, 0) is 23.4 Å². The minimum atomic E-state index is 0.374. The Morgan fingerprint density at radius 3 is 2.59 bits per heavy atom. The van der Waals surface area contributed by atoms with Gasteiger partial charge in [-0.3, -0.25) is 0 Å². The van der Waals surface area contributed by atoms with Crippen LogP contribution in [0, 0.1) is 5.92 Å². The monoisotopic (exact) mass is 247 g/mol. The summed E-state index contributed by atoms with van der Waals surface area (Å²) < 4.78 is 0. The van der Waals surface area contributed by atoms with Gasteiger partial charge in [-0.1, -0.05) is 19.9 Å². The highest BCUT2D eigenvalue weighted by atomic mass is 32.1. The van der Waals surface area contributed by atoms with Crippen LogP contribution in [0.25, 0.3) is 0 Å². The first-order valence-electron chi connectivity index (χ1n) is 5.80. The van der Waals surface area contributed by atoms with E-state index in [0.29, 0.717) is 18.5 Å². The quantitative estimate of drug-likeness (QED) is 0.882. The maximum atomic E-state index is 4.22. The molecule has 1 atom stereocenters. The fourth-order valence-electron chi connectivity index (χ4n) is 1.76. The fourth-order valence-corrected chi connectivity index (χ4v) is 2.73. The van der Waals surface area contributed by atoms with Crippen LogP contribution in [0.2, 0.25) is 0 Å². The molecule has 1 N–H and O–H groups in total. The van der Waals surface area contributed by atoms with Crippen molar-refractivity contribution in [2.45, 2.75) is 26.4 Å². The number of thiophene rings is 1. The van der Waals surface area contributed by atoms with Gasteiger partial charge in [0, 0.05) is 23.3 Å². The summed E-state index contributed by atoms with van der Waals surface area (Å²) in [6.45, 7) is 5.16. The van der Waals surface area contributed by atoms with Crippen LogP contribution in [0.5, 0.6) is 0 Å². The van der Waals surface area contributed by atoms with Crippen LogP contribution >= 0.6 is 11.3 Å². The second-order valence-electron chi connectivity index (χ2n) is 4.28. The molecule has 0 aliphatic carbocycles. The van der Waals surface area contributed by atoms with Gasteiger partial charge in [0.2, 0.25) is 0 Å². The Bertz CT molecular complexity index is 425. The van der Waals surface area contributed by atoms with E-state index in [4.69, 9.17) is 0 Å². The van der Waals surface area contributed by atoms with Gasteiger partial charge in [-0.2, -0.15) is 0 Å². The minimum absolute atomic E-state index is 0.374. The van der Waals surface area contributed by atoms with Gasteiger partial charge >= 0.3 is 0 Å².